The lowest BCUT2D eigenvalue weighted by Gasteiger charge is -2.44. The van der Waals surface area contributed by atoms with E-state index >= 15 is 0 Å². The van der Waals surface area contributed by atoms with Crippen LogP contribution in [0.15, 0.2) is 24.3 Å². The monoisotopic (exact) mass is 206 g/mol. The summed E-state index contributed by atoms with van der Waals surface area (Å²) in [4.78, 5) is 0. The average Bonchev–Trinajstić information content (AvgIpc) is 2.15. The average molecular weight is 206 g/mol. The molecule has 3 atom stereocenters. The molecule has 82 valence electrons. The first kappa shape index (κ1) is 10.5. The molecule has 1 unspecified atom stereocenters. The van der Waals surface area contributed by atoms with Gasteiger partial charge in [0.05, 0.1) is 5.60 Å². The lowest BCUT2D eigenvalue weighted by Crippen LogP contribution is -2.41. The fourth-order valence-electron chi connectivity index (χ4n) is 2.54. The zero-order valence-corrected chi connectivity index (χ0v) is 9.27. The molecule has 0 bridgehead atoms. The third-order valence-corrected chi connectivity index (χ3v) is 3.77. The quantitative estimate of drug-likeness (QED) is 0.781. The summed E-state index contributed by atoms with van der Waals surface area (Å²) < 4.78 is 0. The summed E-state index contributed by atoms with van der Waals surface area (Å²) in [6.45, 7) is 4.02. The van der Waals surface area contributed by atoms with Crippen molar-refractivity contribution < 1.29 is 10.2 Å². The van der Waals surface area contributed by atoms with E-state index in [1.165, 1.54) is 6.42 Å². The molecule has 1 saturated carbocycles. The number of aliphatic hydroxyl groups is 1. The van der Waals surface area contributed by atoms with Crippen LogP contribution in [0.25, 0.3) is 0 Å². The highest BCUT2D eigenvalue weighted by Crippen LogP contribution is 2.46. The van der Waals surface area contributed by atoms with Crippen LogP contribution in [0.5, 0.6) is 5.75 Å². The molecule has 0 heterocycles. The Morgan fingerprint density at radius 3 is 2.53 bits per heavy atom. The standard InChI is InChI=1S/C13H18O2/c1-9-6-7-12(9)13(2,15)10-4-3-5-11(14)8-10/h3-5,8-9,12,14-15H,6-7H2,1-2H3/t9?,12-,13+/m0/s1. The van der Waals surface area contributed by atoms with Crippen molar-refractivity contribution in [2.75, 3.05) is 0 Å². The van der Waals surface area contributed by atoms with Gasteiger partial charge in [0.15, 0.2) is 0 Å². The summed E-state index contributed by atoms with van der Waals surface area (Å²) >= 11 is 0. The fraction of sp³-hybridized carbons (Fsp3) is 0.538. The first-order valence-electron chi connectivity index (χ1n) is 5.53. The second kappa shape index (κ2) is 3.53. The van der Waals surface area contributed by atoms with E-state index < -0.39 is 5.60 Å². The van der Waals surface area contributed by atoms with Crippen LogP contribution in [-0.4, -0.2) is 10.2 Å². The summed E-state index contributed by atoms with van der Waals surface area (Å²) in [5.74, 6) is 1.11. The Morgan fingerprint density at radius 1 is 1.33 bits per heavy atom. The van der Waals surface area contributed by atoms with Crippen molar-refractivity contribution in [3.05, 3.63) is 29.8 Å². The van der Waals surface area contributed by atoms with E-state index in [2.05, 4.69) is 6.92 Å². The predicted molar refractivity (Wildman–Crippen MR) is 59.6 cm³/mol. The largest absolute Gasteiger partial charge is 0.508 e. The summed E-state index contributed by atoms with van der Waals surface area (Å²) in [6.07, 6.45) is 2.27. The minimum atomic E-state index is -0.809. The van der Waals surface area contributed by atoms with Gasteiger partial charge in [-0.2, -0.15) is 0 Å². The summed E-state index contributed by atoms with van der Waals surface area (Å²) in [6, 6.07) is 6.95. The van der Waals surface area contributed by atoms with Gasteiger partial charge in [-0.05, 0) is 49.3 Å². The zero-order chi connectivity index (χ0) is 11.1. The Balaban J connectivity index is 2.28. The number of hydrogen-bond acceptors (Lipinski definition) is 2. The predicted octanol–water partition coefficient (Wildman–Crippen LogP) is 2.65. The first-order chi connectivity index (χ1) is 7.01. The van der Waals surface area contributed by atoms with E-state index in [9.17, 15) is 10.2 Å². The number of phenolic OH excluding ortho intramolecular Hbond substituents is 1. The summed E-state index contributed by atoms with van der Waals surface area (Å²) in [5.41, 5.74) is 0.00944. The number of hydrogen-bond donors (Lipinski definition) is 2. The van der Waals surface area contributed by atoms with Crippen LogP contribution in [0, 0.1) is 11.8 Å². The molecule has 1 fully saturated rings. The fourth-order valence-corrected chi connectivity index (χ4v) is 2.54. The topological polar surface area (TPSA) is 40.5 Å². The van der Waals surface area contributed by atoms with Gasteiger partial charge in [0.25, 0.3) is 0 Å². The Labute approximate surface area is 90.6 Å². The van der Waals surface area contributed by atoms with Crippen LogP contribution >= 0.6 is 0 Å². The molecule has 0 saturated heterocycles. The first-order valence-corrected chi connectivity index (χ1v) is 5.53. The summed E-state index contributed by atoms with van der Waals surface area (Å²) in [5, 5.41) is 19.9. The highest BCUT2D eigenvalue weighted by atomic mass is 16.3. The second-order valence-electron chi connectivity index (χ2n) is 4.86. The third-order valence-electron chi connectivity index (χ3n) is 3.77. The second-order valence-corrected chi connectivity index (χ2v) is 4.86. The maximum atomic E-state index is 10.5. The third kappa shape index (κ3) is 1.74. The van der Waals surface area contributed by atoms with Gasteiger partial charge in [0, 0.05) is 0 Å². The molecule has 2 N–H and O–H groups in total. The Hall–Kier alpha value is -1.02. The molecule has 1 aromatic rings. The molecule has 2 heteroatoms. The van der Waals surface area contributed by atoms with Gasteiger partial charge in [0.2, 0.25) is 0 Å². The van der Waals surface area contributed by atoms with E-state index in [-0.39, 0.29) is 5.75 Å². The minimum Gasteiger partial charge on any atom is -0.508 e. The van der Waals surface area contributed by atoms with Crippen LogP contribution in [-0.2, 0) is 5.60 Å². The normalized spacial score (nSPS) is 29.3. The van der Waals surface area contributed by atoms with Crippen molar-refractivity contribution in [1.82, 2.24) is 0 Å². The molecular weight excluding hydrogens is 188 g/mol. The highest BCUT2D eigenvalue weighted by molar-refractivity contribution is 5.31. The Bertz CT molecular complexity index is 357. The lowest BCUT2D eigenvalue weighted by atomic mass is 9.64. The maximum Gasteiger partial charge on any atom is 0.115 e. The van der Waals surface area contributed by atoms with E-state index in [4.69, 9.17) is 0 Å². The van der Waals surface area contributed by atoms with Gasteiger partial charge < -0.3 is 10.2 Å². The maximum absolute atomic E-state index is 10.5. The van der Waals surface area contributed by atoms with Crippen molar-refractivity contribution in [2.45, 2.75) is 32.3 Å². The molecule has 0 aromatic heterocycles. The lowest BCUT2D eigenvalue weighted by molar-refractivity contribution is -0.0702. The number of benzene rings is 1. The Kier molecular flexibility index (Phi) is 2.47. The molecule has 0 amide bonds. The van der Waals surface area contributed by atoms with Crippen molar-refractivity contribution in [2.24, 2.45) is 11.8 Å². The molecule has 1 aliphatic carbocycles. The molecule has 15 heavy (non-hydrogen) atoms. The molecule has 1 aromatic carbocycles. The molecule has 1 aliphatic rings. The van der Waals surface area contributed by atoms with Crippen LogP contribution < -0.4 is 0 Å². The van der Waals surface area contributed by atoms with Gasteiger partial charge in [-0.1, -0.05) is 19.1 Å². The van der Waals surface area contributed by atoms with Crippen molar-refractivity contribution in [3.8, 4) is 5.75 Å². The SMILES string of the molecule is CC1CC[C@@H]1[C@](C)(O)c1cccc(O)c1. The smallest absolute Gasteiger partial charge is 0.115 e. The van der Waals surface area contributed by atoms with Crippen LogP contribution in [0.4, 0.5) is 0 Å². The molecule has 0 spiro atoms. The van der Waals surface area contributed by atoms with E-state index in [0.29, 0.717) is 11.8 Å². The van der Waals surface area contributed by atoms with E-state index in [0.717, 1.165) is 12.0 Å². The minimum absolute atomic E-state index is 0.222. The van der Waals surface area contributed by atoms with Gasteiger partial charge in [-0.15, -0.1) is 0 Å². The number of phenols is 1. The summed E-state index contributed by atoms with van der Waals surface area (Å²) in [7, 11) is 0. The molecule has 0 radical (unpaired) electrons. The van der Waals surface area contributed by atoms with Crippen molar-refractivity contribution in [1.29, 1.82) is 0 Å². The molecule has 2 nitrogen and oxygen atoms in total. The van der Waals surface area contributed by atoms with Crippen molar-refractivity contribution >= 4 is 0 Å². The van der Waals surface area contributed by atoms with Gasteiger partial charge in [-0.25, -0.2) is 0 Å². The molecular formula is C13H18O2. The van der Waals surface area contributed by atoms with E-state index in [1.807, 2.05) is 13.0 Å². The van der Waals surface area contributed by atoms with Crippen LogP contribution in [0.3, 0.4) is 0 Å². The highest BCUT2D eigenvalue weighted by Gasteiger charge is 2.42. The Morgan fingerprint density at radius 2 is 2.07 bits per heavy atom. The van der Waals surface area contributed by atoms with Gasteiger partial charge in [0.1, 0.15) is 5.75 Å². The van der Waals surface area contributed by atoms with Gasteiger partial charge >= 0.3 is 0 Å². The van der Waals surface area contributed by atoms with Gasteiger partial charge in [-0.3, -0.25) is 0 Å². The number of rotatable bonds is 2. The van der Waals surface area contributed by atoms with Crippen LogP contribution in [0.1, 0.15) is 32.3 Å². The van der Waals surface area contributed by atoms with Crippen molar-refractivity contribution in [3.63, 3.8) is 0 Å². The molecule has 2 rings (SSSR count). The zero-order valence-electron chi connectivity index (χ0n) is 9.27. The number of aromatic hydroxyl groups is 1. The van der Waals surface area contributed by atoms with Crippen LogP contribution in [0.2, 0.25) is 0 Å². The molecule has 0 aliphatic heterocycles. The van der Waals surface area contributed by atoms with E-state index in [1.54, 1.807) is 18.2 Å².